The van der Waals surface area contributed by atoms with Crippen molar-refractivity contribution in [3.05, 3.63) is 0 Å². The van der Waals surface area contributed by atoms with Gasteiger partial charge in [0.05, 0.1) is 6.54 Å². The van der Waals surface area contributed by atoms with E-state index >= 15 is 0 Å². The maximum absolute atomic E-state index is 12.2. The van der Waals surface area contributed by atoms with Crippen molar-refractivity contribution >= 4 is 5.91 Å². The van der Waals surface area contributed by atoms with Gasteiger partial charge in [0.1, 0.15) is 0 Å². The number of likely N-dealkylation sites (tertiary alicyclic amines) is 1. The molecule has 102 valence electrons. The average molecular weight is 250 g/mol. The van der Waals surface area contributed by atoms with Crippen molar-refractivity contribution in [2.75, 3.05) is 19.6 Å². The van der Waals surface area contributed by atoms with Crippen LogP contribution in [0.4, 0.5) is 0 Å². The third kappa shape index (κ3) is 3.25. The fourth-order valence-electron chi connectivity index (χ4n) is 3.27. The molecule has 2 saturated carbocycles. The molecule has 0 radical (unpaired) electrons. The molecule has 3 aliphatic rings. The van der Waals surface area contributed by atoms with E-state index in [1.165, 1.54) is 51.4 Å². The van der Waals surface area contributed by atoms with Crippen LogP contribution in [0.15, 0.2) is 0 Å². The molecule has 0 aromatic carbocycles. The van der Waals surface area contributed by atoms with Gasteiger partial charge in [-0.2, -0.15) is 0 Å². The molecule has 0 bridgehead atoms. The first-order valence-corrected chi connectivity index (χ1v) is 7.86. The zero-order valence-electron chi connectivity index (χ0n) is 11.4. The summed E-state index contributed by atoms with van der Waals surface area (Å²) in [5.41, 5.74) is 0. The quantitative estimate of drug-likeness (QED) is 0.811. The van der Waals surface area contributed by atoms with Crippen LogP contribution in [-0.4, -0.2) is 36.5 Å². The first kappa shape index (κ1) is 12.5. The highest BCUT2D eigenvalue weighted by atomic mass is 16.2. The predicted octanol–water partition coefficient (Wildman–Crippen LogP) is 2.17. The fraction of sp³-hybridized carbons (Fsp3) is 0.933. The van der Waals surface area contributed by atoms with Crippen molar-refractivity contribution in [1.29, 1.82) is 0 Å². The van der Waals surface area contributed by atoms with E-state index in [1.54, 1.807) is 0 Å². The lowest BCUT2D eigenvalue weighted by Gasteiger charge is -2.23. The van der Waals surface area contributed by atoms with Gasteiger partial charge in [0.15, 0.2) is 0 Å². The molecule has 1 N–H and O–H groups in total. The van der Waals surface area contributed by atoms with Gasteiger partial charge in [0.2, 0.25) is 5.91 Å². The van der Waals surface area contributed by atoms with Gasteiger partial charge in [-0.15, -0.1) is 0 Å². The number of hydrogen-bond donors (Lipinski definition) is 1. The largest absolute Gasteiger partial charge is 0.342 e. The number of nitrogens with zero attached hydrogens (tertiary/aromatic N) is 1. The van der Waals surface area contributed by atoms with Crippen molar-refractivity contribution < 1.29 is 4.79 Å². The molecule has 1 aliphatic heterocycles. The van der Waals surface area contributed by atoms with Crippen LogP contribution < -0.4 is 5.32 Å². The highest BCUT2D eigenvalue weighted by molar-refractivity contribution is 5.78. The Balaban J connectivity index is 1.44. The zero-order chi connectivity index (χ0) is 12.4. The van der Waals surface area contributed by atoms with Crippen LogP contribution in [0.3, 0.4) is 0 Å². The van der Waals surface area contributed by atoms with E-state index in [2.05, 4.69) is 10.2 Å². The number of carbonyl (C=O) groups excluding carboxylic acids is 1. The van der Waals surface area contributed by atoms with Crippen molar-refractivity contribution in [3.63, 3.8) is 0 Å². The average Bonchev–Trinajstić information content (AvgIpc) is 3.21. The summed E-state index contributed by atoms with van der Waals surface area (Å²) in [7, 11) is 0. The second kappa shape index (κ2) is 5.60. The predicted molar refractivity (Wildman–Crippen MR) is 72.3 cm³/mol. The molecular formula is C15H26N2O. The summed E-state index contributed by atoms with van der Waals surface area (Å²) < 4.78 is 0. The number of amides is 1. The maximum Gasteiger partial charge on any atom is 0.236 e. The van der Waals surface area contributed by atoms with Crippen LogP contribution in [0.25, 0.3) is 0 Å². The van der Waals surface area contributed by atoms with Gasteiger partial charge in [0.25, 0.3) is 0 Å². The zero-order valence-corrected chi connectivity index (χ0v) is 11.4. The van der Waals surface area contributed by atoms with E-state index < -0.39 is 0 Å². The van der Waals surface area contributed by atoms with E-state index in [9.17, 15) is 4.79 Å². The van der Waals surface area contributed by atoms with Crippen molar-refractivity contribution in [2.24, 2.45) is 11.8 Å². The normalized spacial score (nSPS) is 25.3. The molecule has 2 aliphatic carbocycles. The lowest BCUT2D eigenvalue weighted by Crippen LogP contribution is -2.43. The van der Waals surface area contributed by atoms with Crippen molar-refractivity contribution in [3.8, 4) is 0 Å². The second-order valence-corrected chi connectivity index (χ2v) is 6.38. The Hall–Kier alpha value is -0.570. The molecule has 0 atom stereocenters. The Morgan fingerprint density at radius 3 is 2.06 bits per heavy atom. The highest BCUT2D eigenvalue weighted by Crippen LogP contribution is 2.44. The lowest BCUT2D eigenvalue weighted by molar-refractivity contribution is -0.130. The summed E-state index contributed by atoms with van der Waals surface area (Å²) >= 11 is 0. The molecule has 0 spiro atoms. The van der Waals surface area contributed by atoms with E-state index in [-0.39, 0.29) is 0 Å². The number of carbonyl (C=O) groups is 1. The molecule has 3 heteroatoms. The lowest BCUT2D eigenvalue weighted by atomic mass is 10.1. The minimum Gasteiger partial charge on any atom is -0.342 e. The Kier molecular flexibility index (Phi) is 3.88. The molecule has 0 unspecified atom stereocenters. The minimum atomic E-state index is 0.336. The van der Waals surface area contributed by atoms with E-state index in [4.69, 9.17) is 0 Å². The van der Waals surface area contributed by atoms with Crippen LogP contribution in [-0.2, 0) is 4.79 Å². The molecule has 3 nitrogen and oxygen atoms in total. The molecule has 1 amide bonds. The van der Waals surface area contributed by atoms with E-state index in [0.29, 0.717) is 18.5 Å². The summed E-state index contributed by atoms with van der Waals surface area (Å²) in [6.07, 6.45) is 10.5. The standard InChI is InChI=1S/C15H26N2O/c18-14(17-9-3-1-2-4-10-17)11-16-15(12-5-6-12)13-7-8-13/h12-13,15-16H,1-11H2. The van der Waals surface area contributed by atoms with Crippen molar-refractivity contribution in [1.82, 2.24) is 10.2 Å². The molecule has 3 rings (SSSR count). The van der Waals surface area contributed by atoms with Gasteiger partial charge in [-0.3, -0.25) is 4.79 Å². The van der Waals surface area contributed by atoms with Gasteiger partial charge in [-0.05, 0) is 50.4 Å². The minimum absolute atomic E-state index is 0.336. The summed E-state index contributed by atoms with van der Waals surface area (Å²) in [6, 6.07) is 0.654. The summed E-state index contributed by atoms with van der Waals surface area (Å²) in [6.45, 7) is 2.55. The molecule has 0 aromatic rings. The van der Waals surface area contributed by atoms with E-state index in [0.717, 1.165) is 24.9 Å². The molecule has 18 heavy (non-hydrogen) atoms. The first-order chi connectivity index (χ1) is 8.84. The van der Waals surface area contributed by atoms with Crippen LogP contribution in [0.5, 0.6) is 0 Å². The first-order valence-electron chi connectivity index (χ1n) is 7.86. The third-order valence-electron chi connectivity index (χ3n) is 4.71. The van der Waals surface area contributed by atoms with Gasteiger partial charge in [-0.25, -0.2) is 0 Å². The summed E-state index contributed by atoms with van der Waals surface area (Å²) in [5.74, 6) is 2.10. The second-order valence-electron chi connectivity index (χ2n) is 6.38. The van der Waals surface area contributed by atoms with Gasteiger partial charge in [-0.1, -0.05) is 12.8 Å². The smallest absolute Gasteiger partial charge is 0.236 e. The van der Waals surface area contributed by atoms with E-state index in [1.807, 2.05) is 0 Å². The number of nitrogens with one attached hydrogen (secondary N) is 1. The fourth-order valence-corrected chi connectivity index (χ4v) is 3.27. The molecule has 0 aromatic heterocycles. The molecule has 3 fully saturated rings. The maximum atomic E-state index is 12.2. The Morgan fingerprint density at radius 1 is 1.00 bits per heavy atom. The Bertz CT molecular complexity index is 277. The monoisotopic (exact) mass is 250 g/mol. The van der Waals surface area contributed by atoms with Crippen LogP contribution in [0.2, 0.25) is 0 Å². The van der Waals surface area contributed by atoms with Gasteiger partial charge >= 0.3 is 0 Å². The van der Waals surface area contributed by atoms with Gasteiger partial charge < -0.3 is 10.2 Å². The van der Waals surface area contributed by atoms with Crippen LogP contribution in [0, 0.1) is 11.8 Å². The number of hydrogen-bond acceptors (Lipinski definition) is 2. The molecule has 1 saturated heterocycles. The SMILES string of the molecule is O=C(CNC(C1CC1)C1CC1)N1CCCCCC1. The highest BCUT2D eigenvalue weighted by Gasteiger charge is 2.41. The van der Waals surface area contributed by atoms with Crippen molar-refractivity contribution in [2.45, 2.75) is 57.4 Å². The number of rotatable bonds is 5. The molecule has 1 heterocycles. The van der Waals surface area contributed by atoms with Gasteiger partial charge in [0, 0.05) is 19.1 Å². The summed E-state index contributed by atoms with van der Waals surface area (Å²) in [4.78, 5) is 14.3. The third-order valence-corrected chi connectivity index (χ3v) is 4.71. The topological polar surface area (TPSA) is 32.3 Å². The molecular weight excluding hydrogens is 224 g/mol. The summed E-state index contributed by atoms with van der Waals surface area (Å²) in [5, 5.41) is 3.57. The Labute approximate surface area is 110 Å². The Morgan fingerprint density at radius 2 is 1.56 bits per heavy atom. The van der Waals surface area contributed by atoms with Crippen LogP contribution >= 0.6 is 0 Å². The van der Waals surface area contributed by atoms with Crippen LogP contribution in [0.1, 0.15) is 51.4 Å².